The predicted octanol–water partition coefficient (Wildman–Crippen LogP) is 2.51. The van der Waals surface area contributed by atoms with Crippen molar-refractivity contribution in [3.8, 4) is 11.5 Å². The summed E-state index contributed by atoms with van der Waals surface area (Å²) in [5, 5.41) is 0. The number of carbonyl (C=O) groups excluding carboxylic acids is 1. The van der Waals surface area contributed by atoms with E-state index in [1.54, 1.807) is 44.8 Å². The van der Waals surface area contributed by atoms with Gasteiger partial charge in [-0.15, -0.1) is 0 Å². The maximum Gasteiger partial charge on any atom is 0.227 e. The molecule has 0 radical (unpaired) electrons. The summed E-state index contributed by atoms with van der Waals surface area (Å²) in [7, 11) is 4.78. The Morgan fingerprint density at radius 3 is 2.50 bits per heavy atom. The number of amides is 1. The molecule has 1 heterocycles. The third-order valence-corrected chi connectivity index (χ3v) is 3.67. The molecule has 1 aromatic carbocycles. The van der Waals surface area contributed by atoms with E-state index in [4.69, 9.17) is 18.6 Å². The molecule has 0 saturated carbocycles. The molecule has 130 valence electrons. The summed E-state index contributed by atoms with van der Waals surface area (Å²) in [5.74, 6) is 1.27. The quantitative estimate of drug-likeness (QED) is 0.706. The molecule has 6 nitrogen and oxygen atoms in total. The van der Waals surface area contributed by atoms with E-state index in [9.17, 15) is 4.79 Å². The smallest absolute Gasteiger partial charge is 0.227 e. The van der Waals surface area contributed by atoms with E-state index in [1.165, 1.54) is 0 Å². The fraction of sp³-hybridized carbons (Fsp3) is 0.389. The van der Waals surface area contributed by atoms with Crippen LogP contribution in [-0.4, -0.2) is 45.3 Å². The van der Waals surface area contributed by atoms with Crippen LogP contribution in [0, 0.1) is 0 Å². The summed E-state index contributed by atoms with van der Waals surface area (Å²) in [6, 6.07) is 7.34. The molecule has 0 aliphatic carbocycles. The van der Waals surface area contributed by atoms with Crippen molar-refractivity contribution in [2.45, 2.75) is 13.0 Å². The highest BCUT2D eigenvalue weighted by Gasteiger charge is 2.16. The Morgan fingerprint density at radius 2 is 1.88 bits per heavy atom. The van der Waals surface area contributed by atoms with Crippen LogP contribution in [0.15, 0.2) is 41.2 Å². The van der Waals surface area contributed by atoms with E-state index < -0.39 is 0 Å². The summed E-state index contributed by atoms with van der Waals surface area (Å²) >= 11 is 0. The number of carbonyl (C=O) groups is 1. The lowest BCUT2D eigenvalue weighted by atomic mass is 10.1. The van der Waals surface area contributed by atoms with Crippen molar-refractivity contribution in [1.29, 1.82) is 0 Å². The summed E-state index contributed by atoms with van der Waals surface area (Å²) in [6.07, 6.45) is 3.52. The van der Waals surface area contributed by atoms with Crippen molar-refractivity contribution < 1.29 is 23.4 Å². The topological polar surface area (TPSA) is 61.1 Å². The van der Waals surface area contributed by atoms with Crippen LogP contribution >= 0.6 is 0 Å². The van der Waals surface area contributed by atoms with E-state index in [1.807, 2.05) is 18.2 Å². The minimum Gasteiger partial charge on any atom is -0.493 e. The van der Waals surface area contributed by atoms with Crippen molar-refractivity contribution in [1.82, 2.24) is 4.90 Å². The monoisotopic (exact) mass is 333 g/mol. The minimum atomic E-state index is 0.0143. The summed E-state index contributed by atoms with van der Waals surface area (Å²) in [6.45, 7) is 1.50. The van der Waals surface area contributed by atoms with Gasteiger partial charge in [-0.3, -0.25) is 4.79 Å². The molecule has 0 bridgehead atoms. The van der Waals surface area contributed by atoms with Crippen LogP contribution < -0.4 is 9.47 Å². The molecule has 2 aromatic rings. The number of hydrogen-bond donors (Lipinski definition) is 0. The molecule has 2 rings (SSSR count). The van der Waals surface area contributed by atoms with E-state index in [0.29, 0.717) is 31.2 Å². The van der Waals surface area contributed by atoms with Gasteiger partial charge in [0, 0.05) is 25.8 Å². The average molecular weight is 333 g/mol. The van der Waals surface area contributed by atoms with Crippen LogP contribution in [0.5, 0.6) is 11.5 Å². The molecular weight excluding hydrogens is 310 g/mol. The second-order valence-corrected chi connectivity index (χ2v) is 5.31. The minimum absolute atomic E-state index is 0.0143. The lowest BCUT2D eigenvalue weighted by molar-refractivity contribution is -0.131. The molecule has 0 atom stereocenters. The van der Waals surface area contributed by atoms with Crippen molar-refractivity contribution in [3.63, 3.8) is 0 Å². The number of ether oxygens (including phenoxy) is 3. The van der Waals surface area contributed by atoms with Crippen LogP contribution in [-0.2, 0) is 22.5 Å². The first-order valence-corrected chi connectivity index (χ1v) is 7.66. The zero-order valence-electron chi connectivity index (χ0n) is 14.3. The molecule has 0 saturated heterocycles. The second kappa shape index (κ2) is 8.98. The lowest BCUT2D eigenvalue weighted by Crippen LogP contribution is -2.34. The van der Waals surface area contributed by atoms with Crippen LogP contribution in [0.3, 0.4) is 0 Å². The van der Waals surface area contributed by atoms with Gasteiger partial charge in [-0.2, -0.15) is 0 Å². The molecule has 0 aliphatic heterocycles. The first-order chi connectivity index (χ1) is 11.7. The number of hydrogen-bond acceptors (Lipinski definition) is 5. The van der Waals surface area contributed by atoms with Gasteiger partial charge in [-0.25, -0.2) is 0 Å². The highest BCUT2D eigenvalue weighted by molar-refractivity contribution is 5.79. The first-order valence-electron chi connectivity index (χ1n) is 7.66. The number of rotatable bonds is 9. The van der Waals surface area contributed by atoms with Crippen molar-refractivity contribution in [2.24, 2.45) is 0 Å². The van der Waals surface area contributed by atoms with E-state index >= 15 is 0 Å². The first kappa shape index (κ1) is 17.9. The van der Waals surface area contributed by atoms with Gasteiger partial charge in [0.25, 0.3) is 0 Å². The van der Waals surface area contributed by atoms with Gasteiger partial charge in [0.2, 0.25) is 5.91 Å². The fourth-order valence-electron chi connectivity index (χ4n) is 2.37. The molecule has 0 unspecified atom stereocenters. The number of furan rings is 1. The molecule has 24 heavy (non-hydrogen) atoms. The van der Waals surface area contributed by atoms with Gasteiger partial charge >= 0.3 is 0 Å². The Labute approximate surface area is 141 Å². The third-order valence-electron chi connectivity index (χ3n) is 3.67. The van der Waals surface area contributed by atoms with Gasteiger partial charge in [-0.05, 0) is 23.8 Å². The molecule has 0 fully saturated rings. The maximum absolute atomic E-state index is 12.7. The Balaban J connectivity index is 2.08. The van der Waals surface area contributed by atoms with Gasteiger partial charge in [0.15, 0.2) is 11.5 Å². The molecule has 0 spiro atoms. The summed E-state index contributed by atoms with van der Waals surface area (Å²) < 4.78 is 20.7. The van der Waals surface area contributed by atoms with Gasteiger partial charge in [0.05, 0.1) is 39.8 Å². The molecule has 0 aliphatic rings. The number of methoxy groups -OCH3 is 3. The summed E-state index contributed by atoms with van der Waals surface area (Å²) in [4.78, 5) is 14.4. The molecule has 0 N–H and O–H groups in total. The summed E-state index contributed by atoms with van der Waals surface area (Å²) in [5.41, 5.74) is 1.82. The third kappa shape index (κ3) is 4.76. The van der Waals surface area contributed by atoms with E-state index in [0.717, 1.165) is 11.1 Å². The van der Waals surface area contributed by atoms with Gasteiger partial charge in [0.1, 0.15) is 0 Å². The van der Waals surface area contributed by atoms with Crippen LogP contribution in [0.25, 0.3) is 0 Å². The fourth-order valence-corrected chi connectivity index (χ4v) is 2.37. The van der Waals surface area contributed by atoms with Crippen LogP contribution in [0.2, 0.25) is 0 Å². The Morgan fingerprint density at radius 1 is 1.08 bits per heavy atom. The highest BCUT2D eigenvalue weighted by atomic mass is 16.5. The maximum atomic E-state index is 12.7. The molecular formula is C18H23NO5. The Kier molecular flexibility index (Phi) is 6.69. The predicted molar refractivity (Wildman–Crippen MR) is 89.3 cm³/mol. The van der Waals surface area contributed by atoms with Crippen LogP contribution in [0.4, 0.5) is 0 Å². The zero-order chi connectivity index (χ0) is 17.4. The van der Waals surface area contributed by atoms with Crippen molar-refractivity contribution in [3.05, 3.63) is 47.9 Å². The van der Waals surface area contributed by atoms with Crippen molar-refractivity contribution >= 4 is 5.91 Å². The Bertz CT molecular complexity index is 639. The average Bonchev–Trinajstić information content (AvgIpc) is 3.11. The van der Waals surface area contributed by atoms with Gasteiger partial charge in [-0.1, -0.05) is 6.07 Å². The number of nitrogens with zero attached hydrogens (tertiary/aromatic N) is 1. The largest absolute Gasteiger partial charge is 0.493 e. The molecule has 1 aromatic heterocycles. The van der Waals surface area contributed by atoms with E-state index in [-0.39, 0.29) is 12.3 Å². The number of benzene rings is 1. The highest BCUT2D eigenvalue weighted by Crippen LogP contribution is 2.27. The zero-order valence-corrected chi connectivity index (χ0v) is 14.3. The SMILES string of the molecule is COCCN(Cc1ccoc1)C(=O)Cc1ccc(OC)c(OC)c1. The van der Waals surface area contributed by atoms with Crippen LogP contribution in [0.1, 0.15) is 11.1 Å². The lowest BCUT2D eigenvalue weighted by Gasteiger charge is -2.22. The Hall–Kier alpha value is -2.47. The van der Waals surface area contributed by atoms with E-state index in [2.05, 4.69) is 0 Å². The normalized spacial score (nSPS) is 10.5. The van der Waals surface area contributed by atoms with Gasteiger partial charge < -0.3 is 23.5 Å². The molecule has 1 amide bonds. The standard InChI is InChI=1S/C18H23NO5/c1-21-9-7-19(12-15-6-8-24-13-15)18(20)11-14-4-5-16(22-2)17(10-14)23-3/h4-6,8,10,13H,7,9,11-12H2,1-3H3. The second-order valence-electron chi connectivity index (χ2n) is 5.31. The molecule has 6 heteroatoms. The van der Waals surface area contributed by atoms with Crippen molar-refractivity contribution in [2.75, 3.05) is 34.5 Å².